The number of aliphatic hydroxyl groups excluding tert-OH is 2. The van der Waals surface area contributed by atoms with E-state index >= 15 is 0 Å². The highest BCUT2D eigenvalue weighted by molar-refractivity contribution is 6.53. The fourth-order valence-electron chi connectivity index (χ4n) is 2.05. The van der Waals surface area contributed by atoms with Crippen molar-refractivity contribution in [2.24, 2.45) is 0 Å². The van der Waals surface area contributed by atoms with Gasteiger partial charge in [0.05, 0.1) is 12.6 Å². The number of alkyl halides is 3. The molecular formula is C15H15Cl2FN2O4. The second-order valence-corrected chi connectivity index (χ2v) is 6.07. The molecule has 0 aliphatic rings. The van der Waals surface area contributed by atoms with Crippen LogP contribution in [0.3, 0.4) is 0 Å². The van der Waals surface area contributed by atoms with Crippen LogP contribution in [0.15, 0.2) is 34.9 Å². The molecule has 9 heteroatoms. The molecule has 2 rings (SSSR count). The molecule has 0 spiro atoms. The van der Waals surface area contributed by atoms with E-state index in [0.29, 0.717) is 22.6 Å². The van der Waals surface area contributed by atoms with Crippen molar-refractivity contribution in [2.45, 2.75) is 23.6 Å². The number of aromatic nitrogens is 1. The summed E-state index contributed by atoms with van der Waals surface area (Å²) in [5.41, 5.74) is 1.45. The van der Waals surface area contributed by atoms with Crippen molar-refractivity contribution in [2.75, 3.05) is 6.67 Å². The molecule has 1 aromatic heterocycles. The second kappa shape index (κ2) is 8.43. The largest absolute Gasteiger partial charge is 0.390 e. The number of amides is 1. The lowest BCUT2D eigenvalue weighted by Crippen LogP contribution is -2.43. The Balaban J connectivity index is 2.12. The summed E-state index contributed by atoms with van der Waals surface area (Å²) in [6, 6.07) is 6.82. The van der Waals surface area contributed by atoms with Crippen molar-refractivity contribution >= 4 is 29.1 Å². The van der Waals surface area contributed by atoms with E-state index in [4.69, 9.17) is 32.8 Å². The van der Waals surface area contributed by atoms with Crippen LogP contribution in [0.25, 0.3) is 11.3 Å². The Hall–Kier alpha value is -1.67. The minimum Gasteiger partial charge on any atom is -0.390 e. The van der Waals surface area contributed by atoms with Crippen molar-refractivity contribution in [1.29, 1.82) is 0 Å². The van der Waals surface area contributed by atoms with Gasteiger partial charge in [-0.1, -0.05) is 52.6 Å². The molecule has 0 radical (unpaired) electrons. The minimum atomic E-state index is -1.35. The van der Waals surface area contributed by atoms with E-state index in [1.165, 1.54) is 0 Å². The summed E-state index contributed by atoms with van der Waals surface area (Å²) in [6.45, 7) is -1.22. The van der Waals surface area contributed by atoms with E-state index < -0.39 is 29.6 Å². The maximum Gasteiger partial charge on any atom is 0.253 e. The molecule has 0 aliphatic carbocycles. The number of aliphatic hydroxyl groups is 2. The van der Waals surface area contributed by atoms with E-state index in [-0.39, 0.29) is 6.61 Å². The van der Waals surface area contributed by atoms with Gasteiger partial charge in [-0.05, 0) is 5.56 Å². The van der Waals surface area contributed by atoms with Crippen molar-refractivity contribution < 1.29 is 23.9 Å². The van der Waals surface area contributed by atoms with E-state index in [9.17, 15) is 14.3 Å². The summed E-state index contributed by atoms with van der Waals surface area (Å²) >= 11 is 10.8. The first kappa shape index (κ1) is 18.7. The molecule has 0 saturated heterocycles. The third-order valence-corrected chi connectivity index (χ3v) is 3.73. The third-order valence-electron chi connectivity index (χ3n) is 3.33. The minimum absolute atomic E-state index is 0.236. The van der Waals surface area contributed by atoms with E-state index in [0.717, 1.165) is 0 Å². The maximum atomic E-state index is 13.1. The van der Waals surface area contributed by atoms with Gasteiger partial charge in [0.15, 0.2) is 10.6 Å². The molecule has 0 saturated carbocycles. The smallest absolute Gasteiger partial charge is 0.253 e. The number of benzene rings is 1. The first-order chi connectivity index (χ1) is 11.5. The van der Waals surface area contributed by atoms with Crippen LogP contribution in [-0.4, -0.2) is 38.8 Å². The fourth-order valence-corrected chi connectivity index (χ4v) is 2.17. The monoisotopic (exact) mass is 376 g/mol. The number of hydrogen-bond acceptors (Lipinski definition) is 5. The zero-order chi connectivity index (χ0) is 17.7. The van der Waals surface area contributed by atoms with Crippen LogP contribution in [0.5, 0.6) is 0 Å². The molecule has 3 N–H and O–H groups in total. The Kier molecular flexibility index (Phi) is 6.56. The molecule has 24 heavy (non-hydrogen) atoms. The Labute approximate surface area is 147 Å². The lowest BCUT2D eigenvalue weighted by molar-refractivity contribution is -0.121. The van der Waals surface area contributed by atoms with Gasteiger partial charge in [0.25, 0.3) is 5.91 Å². The lowest BCUT2D eigenvalue weighted by Gasteiger charge is -2.22. The van der Waals surface area contributed by atoms with Crippen LogP contribution in [-0.2, 0) is 11.4 Å². The normalized spacial score (nSPS) is 13.8. The number of carbonyl (C=O) groups is 1. The van der Waals surface area contributed by atoms with E-state index in [1.807, 2.05) is 0 Å². The van der Waals surface area contributed by atoms with Gasteiger partial charge in [-0.2, -0.15) is 0 Å². The number of halogens is 3. The molecule has 2 atom stereocenters. The summed E-state index contributed by atoms with van der Waals surface area (Å²) in [4.78, 5) is 10.1. The molecule has 0 fully saturated rings. The summed E-state index contributed by atoms with van der Waals surface area (Å²) in [5, 5.41) is 25.1. The Bertz CT molecular complexity index is 678. The highest BCUT2D eigenvalue weighted by Gasteiger charge is 2.25. The van der Waals surface area contributed by atoms with Crippen LogP contribution in [0, 0.1) is 0 Å². The summed E-state index contributed by atoms with van der Waals surface area (Å²) in [7, 11) is 0. The summed E-state index contributed by atoms with van der Waals surface area (Å²) in [6.07, 6.45) is -1.28. The standard InChI is InChI=1S/C15H15Cl2FN2O4/c16-14(17)15(23)19-11(6-18)13(22)9-3-1-8(2-4-9)12-5-10(7-21)20-24-12/h1-5,11,13-14,21-22H,6-7H2,(H,19,23)/t11-,13-/m1/s1. The van der Waals surface area contributed by atoms with Gasteiger partial charge < -0.3 is 20.1 Å². The van der Waals surface area contributed by atoms with Gasteiger partial charge in [-0.25, -0.2) is 4.39 Å². The predicted molar refractivity (Wildman–Crippen MR) is 86.2 cm³/mol. The van der Waals surface area contributed by atoms with Crippen LogP contribution < -0.4 is 5.32 Å². The molecule has 1 amide bonds. The highest BCUT2D eigenvalue weighted by Crippen LogP contribution is 2.24. The molecule has 0 unspecified atom stereocenters. The van der Waals surface area contributed by atoms with Crippen molar-refractivity contribution in [1.82, 2.24) is 10.5 Å². The fraction of sp³-hybridized carbons (Fsp3) is 0.333. The van der Waals surface area contributed by atoms with Gasteiger partial charge in [0.2, 0.25) is 0 Å². The molecule has 6 nitrogen and oxygen atoms in total. The molecule has 1 heterocycles. The molecule has 1 aromatic carbocycles. The topological polar surface area (TPSA) is 95.6 Å². The number of hydrogen-bond donors (Lipinski definition) is 3. The summed E-state index contributed by atoms with van der Waals surface area (Å²) < 4.78 is 18.2. The Morgan fingerprint density at radius 2 is 2.00 bits per heavy atom. The molecule has 0 bridgehead atoms. The zero-order valence-corrected chi connectivity index (χ0v) is 13.8. The van der Waals surface area contributed by atoms with Crippen LogP contribution >= 0.6 is 23.2 Å². The molecule has 2 aromatic rings. The van der Waals surface area contributed by atoms with Crippen molar-refractivity contribution in [3.63, 3.8) is 0 Å². The lowest BCUT2D eigenvalue weighted by atomic mass is 10.0. The van der Waals surface area contributed by atoms with Gasteiger partial charge in [-0.15, -0.1) is 0 Å². The summed E-state index contributed by atoms with van der Waals surface area (Å²) in [5.74, 6) is -0.336. The van der Waals surface area contributed by atoms with Gasteiger partial charge >= 0.3 is 0 Å². The first-order valence-corrected chi connectivity index (χ1v) is 7.83. The van der Waals surface area contributed by atoms with E-state index in [2.05, 4.69) is 10.5 Å². The van der Waals surface area contributed by atoms with Gasteiger partial charge in [-0.3, -0.25) is 4.79 Å². The Morgan fingerprint density at radius 3 is 2.50 bits per heavy atom. The van der Waals surface area contributed by atoms with Crippen LogP contribution in [0.1, 0.15) is 17.4 Å². The molecule has 130 valence electrons. The molecular weight excluding hydrogens is 362 g/mol. The number of nitrogens with one attached hydrogen (secondary N) is 1. The number of rotatable bonds is 7. The molecule has 0 aliphatic heterocycles. The highest BCUT2D eigenvalue weighted by atomic mass is 35.5. The van der Waals surface area contributed by atoms with Gasteiger partial charge in [0.1, 0.15) is 18.5 Å². The van der Waals surface area contributed by atoms with E-state index in [1.54, 1.807) is 30.3 Å². The maximum absolute atomic E-state index is 13.1. The van der Waals surface area contributed by atoms with Crippen LogP contribution in [0.2, 0.25) is 0 Å². The van der Waals surface area contributed by atoms with Crippen LogP contribution in [0.4, 0.5) is 4.39 Å². The van der Waals surface area contributed by atoms with Crippen molar-refractivity contribution in [3.8, 4) is 11.3 Å². The van der Waals surface area contributed by atoms with Crippen molar-refractivity contribution in [3.05, 3.63) is 41.6 Å². The number of carbonyl (C=O) groups excluding carboxylic acids is 1. The average molecular weight is 377 g/mol. The first-order valence-electron chi connectivity index (χ1n) is 6.95. The quantitative estimate of drug-likeness (QED) is 0.643. The SMILES string of the molecule is O=C(N[C@H](CF)[C@H](O)c1ccc(-c2cc(CO)no2)cc1)C(Cl)Cl. The zero-order valence-electron chi connectivity index (χ0n) is 12.3. The van der Waals surface area contributed by atoms with Gasteiger partial charge in [0, 0.05) is 11.6 Å². The Morgan fingerprint density at radius 1 is 1.33 bits per heavy atom. The number of nitrogens with zero attached hydrogens (tertiary/aromatic N) is 1. The third kappa shape index (κ3) is 4.45. The second-order valence-electron chi connectivity index (χ2n) is 4.98. The average Bonchev–Trinajstić information content (AvgIpc) is 3.08. The predicted octanol–water partition coefficient (Wildman–Crippen LogP) is 2.13.